The molecule has 5 nitrogen and oxygen atoms in total. The van der Waals surface area contributed by atoms with E-state index in [4.69, 9.17) is 5.84 Å². The first-order chi connectivity index (χ1) is 10.1. The number of carbonyl (C=O) groups is 1. The molecule has 0 bridgehead atoms. The van der Waals surface area contributed by atoms with Crippen molar-refractivity contribution >= 4 is 11.6 Å². The van der Waals surface area contributed by atoms with Crippen LogP contribution < -0.4 is 11.3 Å². The highest BCUT2D eigenvalue weighted by atomic mass is 19.1. The Labute approximate surface area is 124 Å². The number of likely N-dealkylation sites (tertiary alicyclic amines) is 1. The Bertz CT molecular complexity index is 504. The number of anilines is 1. The van der Waals surface area contributed by atoms with E-state index in [9.17, 15) is 9.18 Å². The van der Waals surface area contributed by atoms with Crippen molar-refractivity contribution in [3.63, 3.8) is 0 Å². The molecule has 1 aliphatic heterocycles. The average Bonchev–Trinajstić information content (AvgIpc) is 2.97. The van der Waals surface area contributed by atoms with Gasteiger partial charge in [-0.1, -0.05) is 19.9 Å². The summed E-state index contributed by atoms with van der Waals surface area (Å²) in [6, 6.07) is 4.80. The molecule has 0 saturated carbocycles. The zero-order chi connectivity index (χ0) is 15.4. The van der Waals surface area contributed by atoms with E-state index in [2.05, 4.69) is 24.2 Å². The van der Waals surface area contributed by atoms with Gasteiger partial charge >= 0.3 is 0 Å². The Hall–Kier alpha value is -1.66. The quantitative estimate of drug-likeness (QED) is 0.640. The summed E-state index contributed by atoms with van der Waals surface area (Å²) >= 11 is 0. The number of hydrogen-bond donors (Lipinski definition) is 2. The van der Waals surface area contributed by atoms with Crippen molar-refractivity contribution < 1.29 is 9.18 Å². The van der Waals surface area contributed by atoms with Crippen LogP contribution in [-0.2, 0) is 0 Å². The lowest BCUT2D eigenvalue weighted by molar-refractivity contribution is 0.0778. The number of nitrogen functional groups attached to an aromatic ring is 1. The number of hydrazine groups is 1. The smallest absolute Gasteiger partial charge is 0.256 e. The standard InChI is InChI=1S/C15H23FN4O/c1-3-19(4-2)11-8-9-20(10-11)15(21)12-6-5-7-13(16)14(12)18-17/h5-7,11,18H,3-4,8-10,17H2,1-2H3. The summed E-state index contributed by atoms with van der Waals surface area (Å²) in [6.45, 7) is 7.56. The minimum Gasteiger partial charge on any atom is -0.337 e. The summed E-state index contributed by atoms with van der Waals surface area (Å²) in [4.78, 5) is 16.7. The molecule has 116 valence electrons. The van der Waals surface area contributed by atoms with E-state index in [-0.39, 0.29) is 17.2 Å². The highest BCUT2D eigenvalue weighted by Crippen LogP contribution is 2.23. The lowest BCUT2D eigenvalue weighted by atomic mass is 10.1. The Kier molecular flexibility index (Phi) is 5.14. The lowest BCUT2D eigenvalue weighted by Gasteiger charge is -2.26. The van der Waals surface area contributed by atoms with Gasteiger partial charge in [-0.25, -0.2) is 4.39 Å². The third-order valence-corrected chi connectivity index (χ3v) is 4.17. The number of amides is 1. The van der Waals surface area contributed by atoms with Crippen LogP contribution in [0.25, 0.3) is 0 Å². The van der Waals surface area contributed by atoms with Crippen molar-refractivity contribution in [3.05, 3.63) is 29.6 Å². The molecule has 0 spiro atoms. The maximum Gasteiger partial charge on any atom is 0.256 e. The van der Waals surface area contributed by atoms with E-state index in [1.165, 1.54) is 12.1 Å². The molecule has 1 aliphatic rings. The maximum absolute atomic E-state index is 13.7. The van der Waals surface area contributed by atoms with Crippen LogP contribution in [0.1, 0.15) is 30.6 Å². The van der Waals surface area contributed by atoms with Gasteiger partial charge in [0.15, 0.2) is 0 Å². The average molecular weight is 294 g/mol. The van der Waals surface area contributed by atoms with E-state index in [0.717, 1.165) is 19.5 Å². The Morgan fingerprint density at radius 2 is 2.19 bits per heavy atom. The molecule has 0 aliphatic carbocycles. The zero-order valence-corrected chi connectivity index (χ0v) is 12.6. The lowest BCUT2D eigenvalue weighted by Crippen LogP contribution is -2.38. The predicted octanol–water partition coefficient (Wildman–Crippen LogP) is 1.67. The molecule has 0 aromatic heterocycles. The predicted molar refractivity (Wildman–Crippen MR) is 81.4 cm³/mol. The van der Waals surface area contributed by atoms with Crippen molar-refractivity contribution in [2.75, 3.05) is 31.6 Å². The van der Waals surface area contributed by atoms with Crippen molar-refractivity contribution in [2.45, 2.75) is 26.3 Å². The van der Waals surface area contributed by atoms with Gasteiger partial charge in [0.1, 0.15) is 5.82 Å². The van der Waals surface area contributed by atoms with E-state index < -0.39 is 5.82 Å². The fourth-order valence-electron chi connectivity index (χ4n) is 2.98. The van der Waals surface area contributed by atoms with Gasteiger partial charge in [-0.05, 0) is 31.6 Å². The molecule has 1 aromatic rings. The van der Waals surface area contributed by atoms with E-state index >= 15 is 0 Å². The van der Waals surface area contributed by atoms with Crippen LogP contribution in [0, 0.1) is 5.82 Å². The number of halogens is 1. The second-order valence-corrected chi connectivity index (χ2v) is 5.22. The molecule has 1 saturated heterocycles. The molecule has 21 heavy (non-hydrogen) atoms. The molecule has 6 heteroatoms. The van der Waals surface area contributed by atoms with Crippen LogP contribution in [0.2, 0.25) is 0 Å². The van der Waals surface area contributed by atoms with Crippen LogP contribution in [0.3, 0.4) is 0 Å². The third-order valence-electron chi connectivity index (χ3n) is 4.17. The molecular formula is C15H23FN4O. The minimum atomic E-state index is -0.511. The number of likely N-dealkylation sites (N-methyl/N-ethyl adjacent to an activating group) is 1. The van der Waals surface area contributed by atoms with Crippen molar-refractivity contribution in [1.82, 2.24) is 9.80 Å². The van der Waals surface area contributed by atoms with Gasteiger partial charge in [0.05, 0.1) is 11.3 Å². The van der Waals surface area contributed by atoms with Gasteiger partial charge < -0.3 is 10.3 Å². The summed E-state index contributed by atoms with van der Waals surface area (Å²) in [5.74, 6) is 4.66. The molecule has 1 unspecified atom stereocenters. The van der Waals surface area contributed by atoms with Gasteiger partial charge in [0, 0.05) is 19.1 Å². The molecule has 2 rings (SSSR count). The normalized spacial score (nSPS) is 18.3. The van der Waals surface area contributed by atoms with Gasteiger partial charge in [-0.2, -0.15) is 0 Å². The number of hydrogen-bond acceptors (Lipinski definition) is 4. The first kappa shape index (κ1) is 15.7. The summed E-state index contributed by atoms with van der Waals surface area (Å²) in [5, 5.41) is 0. The van der Waals surface area contributed by atoms with Crippen molar-refractivity contribution in [2.24, 2.45) is 5.84 Å². The largest absolute Gasteiger partial charge is 0.337 e. The number of benzene rings is 1. The maximum atomic E-state index is 13.7. The molecule has 1 amide bonds. The second kappa shape index (κ2) is 6.87. The highest BCUT2D eigenvalue weighted by molar-refractivity contribution is 5.99. The molecule has 1 atom stereocenters. The second-order valence-electron chi connectivity index (χ2n) is 5.22. The van der Waals surface area contributed by atoms with E-state index in [1.54, 1.807) is 11.0 Å². The third kappa shape index (κ3) is 3.16. The summed E-state index contributed by atoms with van der Waals surface area (Å²) < 4.78 is 13.7. The van der Waals surface area contributed by atoms with Crippen molar-refractivity contribution in [3.8, 4) is 0 Å². The molecular weight excluding hydrogens is 271 g/mol. The SMILES string of the molecule is CCN(CC)C1CCN(C(=O)c2cccc(F)c2NN)C1. The van der Waals surface area contributed by atoms with Crippen LogP contribution in [0.5, 0.6) is 0 Å². The Balaban J connectivity index is 2.14. The van der Waals surface area contributed by atoms with Gasteiger partial charge in [-0.15, -0.1) is 0 Å². The van der Waals surface area contributed by atoms with Crippen LogP contribution in [0.4, 0.5) is 10.1 Å². The molecule has 1 aromatic carbocycles. The molecule has 1 fully saturated rings. The fourth-order valence-corrected chi connectivity index (χ4v) is 2.98. The summed E-state index contributed by atoms with van der Waals surface area (Å²) in [7, 11) is 0. The minimum absolute atomic E-state index is 0.0637. The monoisotopic (exact) mass is 294 g/mol. The summed E-state index contributed by atoms with van der Waals surface area (Å²) in [6.07, 6.45) is 0.953. The van der Waals surface area contributed by atoms with Crippen LogP contribution >= 0.6 is 0 Å². The zero-order valence-electron chi connectivity index (χ0n) is 12.6. The van der Waals surface area contributed by atoms with Crippen LogP contribution in [-0.4, -0.2) is 47.9 Å². The molecule has 0 radical (unpaired) electrons. The molecule has 3 N–H and O–H groups in total. The van der Waals surface area contributed by atoms with Gasteiger partial charge in [0.2, 0.25) is 0 Å². The number of carbonyl (C=O) groups excluding carboxylic acids is 1. The molecule has 1 heterocycles. The number of nitrogens with one attached hydrogen (secondary N) is 1. The topological polar surface area (TPSA) is 61.6 Å². The number of nitrogens with zero attached hydrogens (tertiary/aromatic N) is 2. The van der Waals surface area contributed by atoms with Crippen LogP contribution in [0.15, 0.2) is 18.2 Å². The van der Waals surface area contributed by atoms with E-state index in [1.807, 2.05) is 0 Å². The number of rotatable bonds is 5. The van der Waals surface area contributed by atoms with Crippen molar-refractivity contribution in [1.29, 1.82) is 0 Å². The highest BCUT2D eigenvalue weighted by Gasteiger charge is 2.30. The van der Waals surface area contributed by atoms with Gasteiger partial charge in [0.25, 0.3) is 5.91 Å². The Morgan fingerprint density at radius 3 is 2.81 bits per heavy atom. The Morgan fingerprint density at radius 1 is 1.48 bits per heavy atom. The fraction of sp³-hybridized carbons (Fsp3) is 0.533. The first-order valence-corrected chi connectivity index (χ1v) is 7.40. The summed E-state index contributed by atoms with van der Waals surface area (Å²) in [5.41, 5.74) is 2.64. The van der Waals surface area contributed by atoms with Gasteiger partial charge in [-0.3, -0.25) is 15.5 Å². The number of para-hydroxylation sites is 1. The number of nitrogens with two attached hydrogens (primary N) is 1. The first-order valence-electron chi connectivity index (χ1n) is 7.40. The van der Waals surface area contributed by atoms with E-state index in [0.29, 0.717) is 19.1 Å².